The van der Waals surface area contributed by atoms with Crippen molar-refractivity contribution in [2.45, 2.75) is 45.8 Å². The molecule has 2 aromatic rings. The molecule has 2 rings (SSSR count). The Morgan fingerprint density at radius 2 is 2.05 bits per heavy atom. The summed E-state index contributed by atoms with van der Waals surface area (Å²) in [4.78, 5) is 16.9. The number of benzene rings is 1. The van der Waals surface area contributed by atoms with Crippen molar-refractivity contribution < 1.29 is 9.53 Å². The molecule has 0 saturated heterocycles. The molecule has 108 valence electrons. The molecule has 1 aromatic heterocycles. The average Bonchev–Trinajstić information content (AvgIpc) is 2.77. The van der Waals surface area contributed by atoms with Gasteiger partial charge in [0.1, 0.15) is 11.4 Å². The molecular formula is C16H22N2O2. The molecule has 0 fully saturated rings. The fraction of sp³-hybridized carbons (Fsp3) is 0.500. The first-order valence-electron chi connectivity index (χ1n) is 7.02. The minimum absolute atomic E-state index is 0.0488. The Morgan fingerprint density at radius 1 is 1.35 bits per heavy atom. The zero-order valence-electron chi connectivity index (χ0n) is 12.6. The standard InChI is InChI=1S/C16H22N2O2/c1-5-10-18-13-9-7-6-8-12(13)17-15(18)11-14(19)16(2,3)20-4/h6-9H,5,10-11H2,1-4H3. The van der Waals surface area contributed by atoms with Gasteiger partial charge in [-0.1, -0.05) is 19.1 Å². The lowest BCUT2D eigenvalue weighted by Crippen LogP contribution is -2.35. The van der Waals surface area contributed by atoms with E-state index < -0.39 is 5.60 Å². The number of carbonyl (C=O) groups excluding carboxylic acids is 1. The Morgan fingerprint density at radius 3 is 2.70 bits per heavy atom. The predicted molar refractivity (Wildman–Crippen MR) is 79.8 cm³/mol. The molecule has 0 amide bonds. The van der Waals surface area contributed by atoms with Crippen LogP contribution in [0, 0.1) is 0 Å². The lowest BCUT2D eigenvalue weighted by molar-refractivity contribution is -0.136. The summed E-state index contributed by atoms with van der Waals surface area (Å²) in [6.45, 7) is 6.58. The van der Waals surface area contributed by atoms with Crippen molar-refractivity contribution in [2.24, 2.45) is 0 Å². The number of nitrogens with zero attached hydrogens (tertiary/aromatic N) is 2. The highest BCUT2D eigenvalue weighted by Crippen LogP contribution is 2.19. The van der Waals surface area contributed by atoms with Crippen LogP contribution in [0.5, 0.6) is 0 Å². The molecule has 4 heteroatoms. The molecule has 0 spiro atoms. The molecule has 0 aliphatic carbocycles. The number of ketones is 1. The number of hydrogen-bond acceptors (Lipinski definition) is 3. The van der Waals surface area contributed by atoms with Crippen LogP contribution in [-0.4, -0.2) is 28.0 Å². The summed E-state index contributed by atoms with van der Waals surface area (Å²) >= 11 is 0. The predicted octanol–water partition coefficient (Wildman–Crippen LogP) is 2.98. The van der Waals surface area contributed by atoms with E-state index in [0.717, 1.165) is 29.8 Å². The maximum absolute atomic E-state index is 12.3. The zero-order valence-corrected chi connectivity index (χ0v) is 12.6. The van der Waals surface area contributed by atoms with Crippen LogP contribution >= 0.6 is 0 Å². The second-order valence-electron chi connectivity index (χ2n) is 5.48. The molecular weight excluding hydrogens is 252 g/mol. The van der Waals surface area contributed by atoms with Crippen molar-refractivity contribution in [3.63, 3.8) is 0 Å². The van der Waals surface area contributed by atoms with Crippen LogP contribution in [0.15, 0.2) is 24.3 Å². The summed E-state index contributed by atoms with van der Waals surface area (Å²) in [5, 5.41) is 0. The number of ether oxygens (including phenoxy) is 1. The molecule has 0 atom stereocenters. The topological polar surface area (TPSA) is 44.1 Å². The van der Waals surface area contributed by atoms with E-state index in [1.165, 1.54) is 0 Å². The van der Waals surface area contributed by atoms with E-state index >= 15 is 0 Å². The normalized spacial score (nSPS) is 12.0. The van der Waals surface area contributed by atoms with Gasteiger partial charge in [0.2, 0.25) is 0 Å². The number of para-hydroxylation sites is 2. The van der Waals surface area contributed by atoms with Crippen LogP contribution in [-0.2, 0) is 22.5 Å². The van der Waals surface area contributed by atoms with E-state index in [-0.39, 0.29) is 5.78 Å². The van der Waals surface area contributed by atoms with Crippen molar-refractivity contribution in [2.75, 3.05) is 7.11 Å². The quantitative estimate of drug-likeness (QED) is 0.813. The molecule has 0 unspecified atom stereocenters. The Labute approximate surface area is 119 Å². The van der Waals surface area contributed by atoms with Gasteiger partial charge >= 0.3 is 0 Å². The van der Waals surface area contributed by atoms with E-state index in [1.54, 1.807) is 21.0 Å². The van der Waals surface area contributed by atoms with E-state index in [9.17, 15) is 4.79 Å². The van der Waals surface area contributed by atoms with Gasteiger partial charge in [-0.05, 0) is 32.4 Å². The van der Waals surface area contributed by atoms with Crippen LogP contribution in [0.1, 0.15) is 33.0 Å². The molecule has 0 N–H and O–H groups in total. The van der Waals surface area contributed by atoms with Gasteiger partial charge in [-0.25, -0.2) is 4.98 Å². The minimum Gasteiger partial charge on any atom is -0.371 e. The smallest absolute Gasteiger partial charge is 0.171 e. The first kappa shape index (κ1) is 14.7. The summed E-state index contributed by atoms with van der Waals surface area (Å²) in [6.07, 6.45) is 1.31. The number of aromatic nitrogens is 2. The number of carbonyl (C=O) groups is 1. The molecule has 0 bridgehead atoms. The monoisotopic (exact) mass is 274 g/mol. The van der Waals surface area contributed by atoms with Crippen LogP contribution in [0.3, 0.4) is 0 Å². The number of Topliss-reactive ketones (excluding diaryl/α,β-unsaturated/α-hetero) is 1. The average molecular weight is 274 g/mol. The number of imidazole rings is 1. The van der Waals surface area contributed by atoms with Crippen LogP contribution in [0.2, 0.25) is 0 Å². The summed E-state index contributed by atoms with van der Waals surface area (Å²) in [6, 6.07) is 8.00. The zero-order chi connectivity index (χ0) is 14.8. The number of rotatable bonds is 6. The molecule has 0 aliphatic heterocycles. The summed E-state index contributed by atoms with van der Waals surface area (Å²) in [5.74, 6) is 0.871. The first-order chi connectivity index (χ1) is 9.49. The van der Waals surface area contributed by atoms with Gasteiger partial charge < -0.3 is 9.30 Å². The number of hydrogen-bond donors (Lipinski definition) is 0. The van der Waals surface area contributed by atoms with Crippen molar-refractivity contribution in [3.05, 3.63) is 30.1 Å². The summed E-state index contributed by atoms with van der Waals surface area (Å²) in [5.41, 5.74) is 1.26. The van der Waals surface area contributed by atoms with Gasteiger partial charge in [-0.2, -0.15) is 0 Å². The lowest BCUT2D eigenvalue weighted by Gasteiger charge is -2.21. The third-order valence-corrected chi connectivity index (χ3v) is 3.68. The SMILES string of the molecule is CCCn1c(CC(=O)C(C)(C)OC)nc2ccccc21. The van der Waals surface area contributed by atoms with Gasteiger partial charge in [0.15, 0.2) is 5.78 Å². The van der Waals surface area contributed by atoms with Crippen molar-refractivity contribution in [3.8, 4) is 0 Å². The van der Waals surface area contributed by atoms with Crippen LogP contribution in [0.4, 0.5) is 0 Å². The largest absolute Gasteiger partial charge is 0.371 e. The molecule has 1 aromatic carbocycles. The maximum atomic E-state index is 12.3. The van der Waals surface area contributed by atoms with Crippen LogP contribution < -0.4 is 0 Å². The Bertz CT molecular complexity index is 614. The van der Waals surface area contributed by atoms with Crippen molar-refractivity contribution in [1.29, 1.82) is 0 Å². The molecule has 0 radical (unpaired) electrons. The van der Waals surface area contributed by atoms with E-state index in [0.29, 0.717) is 6.42 Å². The van der Waals surface area contributed by atoms with E-state index in [2.05, 4.69) is 16.5 Å². The molecule has 0 aliphatic rings. The molecule has 4 nitrogen and oxygen atoms in total. The number of fused-ring (bicyclic) bond motifs is 1. The van der Waals surface area contributed by atoms with Crippen LogP contribution in [0.25, 0.3) is 11.0 Å². The maximum Gasteiger partial charge on any atom is 0.171 e. The summed E-state index contributed by atoms with van der Waals surface area (Å²) < 4.78 is 7.40. The Balaban J connectivity index is 2.38. The number of methoxy groups -OCH3 is 1. The van der Waals surface area contributed by atoms with Gasteiger partial charge in [0, 0.05) is 13.7 Å². The highest BCUT2D eigenvalue weighted by Gasteiger charge is 2.28. The molecule has 20 heavy (non-hydrogen) atoms. The van der Waals surface area contributed by atoms with E-state index in [4.69, 9.17) is 4.74 Å². The third kappa shape index (κ3) is 2.75. The van der Waals surface area contributed by atoms with Gasteiger partial charge in [0.05, 0.1) is 17.5 Å². The third-order valence-electron chi connectivity index (χ3n) is 3.68. The second-order valence-corrected chi connectivity index (χ2v) is 5.48. The van der Waals surface area contributed by atoms with Gasteiger partial charge in [-0.15, -0.1) is 0 Å². The minimum atomic E-state index is -0.769. The fourth-order valence-electron chi connectivity index (χ4n) is 2.20. The second kappa shape index (κ2) is 5.75. The van der Waals surface area contributed by atoms with Gasteiger partial charge in [-0.3, -0.25) is 4.79 Å². The summed E-state index contributed by atoms with van der Waals surface area (Å²) in [7, 11) is 1.56. The van der Waals surface area contributed by atoms with E-state index in [1.807, 2.05) is 24.3 Å². The lowest BCUT2D eigenvalue weighted by atomic mass is 10.0. The van der Waals surface area contributed by atoms with Gasteiger partial charge in [0.25, 0.3) is 0 Å². The highest BCUT2D eigenvalue weighted by atomic mass is 16.5. The Kier molecular flexibility index (Phi) is 4.23. The Hall–Kier alpha value is -1.68. The fourth-order valence-corrected chi connectivity index (χ4v) is 2.20. The molecule has 0 saturated carbocycles. The first-order valence-corrected chi connectivity index (χ1v) is 7.02. The molecule has 1 heterocycles. The van der Waals surface area contributed by atoms with Crippen molar-refractivity contribution >= 4 is 16.8 Å². The highest BCUT2D eigenvalue weighted by molar-refractivity contribution is 5.88. The van der Waals surface area contributed by atoms with Crippen molar-refractivity contribution in [1.82, 2.24) is 9.55 Å². The number of aryl methyl sites for hydroxylation is 1.